The number of rotatable bonds is 2. The summed E-state index contributed by atoms with van der Waals surface area (Å²) in [6, 6.07) is 8.47. The maximum absolute atomic E-state index is 12.8. The van der Waals surface area contributed by atoms with Crippen LogP contribution in [0, 0.1) is 11.8 Å². The maximum Gasteiger partial charge on any atom is 0.226 e. The van der Waals surface area contributed by atoms with Gasteiger partial charge in [-0.25, -0.2) is 4.98 Å². The summed E-state index contributed by atoms with van der Waals surface area (Å²) < 4.78 is 2.22. The summed E-state index contributed by atoms with van der Waals surface area (Å²) in [6.07, 6.45) is 5.99. The SMILES string of the molecule is CCN1c2cccnc2-n2cccc2[C@]12CCN(C(=O)[C@@H]1C[C@@H]1C)C2. The van der Waals surface area contributed by atoms with Gasteiger partial charge in [0.1, 0.15) is 0 Å². The first-order chi connectivity index (χ1) is 12.2. The van der Waals surface area contributed by atoms with Crippen molar-refractivity contribution in [2.75, 3.05) is 24.5 Å². The van der Waals surface area contributed by atoms with Gasteiger partial charge in [-0.3, -0.25) is 4.79 Å². The van der Waals surface area contributed by atoms with E-state index >= 15 is 0 Å². The molecule has 2 fully saturated rings. The molecule has 0 bridgehead atoms. The lowest BCUT2D eigenvalue weighted by molar-refractivity contribution is -0.132. The molecule has 0 N–H and O–H groups in total. The number of amides is 1. The number of carbonyl (C=O) groups excluding carboxylic acids is 1. The lowest BCUT2D eigenvalue weighted by Gasteiger charge is -2.46. The highest BCUT2D eigenvalue weighted by molar-refractivity contribution is 5.82. The monoisotopic (exact) mass is 336 g/mol. The van der Waals surface area contributed by atoms with Gasteiger partial charge in [-0.1, -0.05) is 6.92 Å². The van der Waals surface area contributed by atoms with E-state index in [9.17, 15) is 4.79 Å². The highest BCUT2D eigenvalue weighted by atomic mass is 16.2. The highest BCUT2D eigenvalue weighted by Crippen LogP contribution is 2.48. The van der Waals surface area contributed by atoms with Gasteiger partial charge in [0.05, 0.1) is 16.9 Å². The Morgan fingerprint density at radius 2 is 2.20 bits per heavy atom. The van der Waals surface area contributed by atoms with Crippen LogP contribution in [-0.4, -0.2) is 40.0 Å². The summed E-state index contributed by atoms with van der Waals surface area (Å²) in [7, 11) is 0. The van der Waals surface area contributed by atoms with E-state index in [2.05, 4.69) is 57.6 Å². The molecule has 0 radical (unpaired) electrons. The number of fused-ring (bicyclic) bond motifs is 4. The van der Waals surface area contributed by atoms with E-state index in [4.69, 9.17) is 0 Å². The second-order valence-corrected chi connectivity index (χ2v) is 7.71. The molecule has 5 heteroatoms. The van der Waals surface area contributed by atoms with E-state index < -0.39 is 0 Å². The van der Waals surface area contributed by atoms with Crippen LogP contribution in [0.1, 0.15) is 32.4 Å². The van der Waals surface area contributed by atoms with Gasteiger partial charge in [0, 0.05) is 37.9 Å². The summed E-state index contributed by atoms with van der Waals surface area (Å²) >= 11 is 0. The fraction of sp³-hybridized carbons (Fsp3) is 0.500. The number of carbonyl (C=O) groups is 1. The summed E-state index contributed by atoms with van der Waals surface area (Å²) in [5.41, 5.74) is 2.30. The van der Waals surface area contributed by atoms with Crippen LogP contribution in [0.15, 0.2) is 36.7 Å². The van der Waals surface area contributed by atoms with Crippen molar-refractivity contribution in [1.82, 2.24) is 14.5 Å². The normalized spacial score (nSPS) is 29.7. The van der Waals surface area contributed by atoms with Gasteiger partial charge in [0.15, 0.2) is 5.82 Å². The number of likely N-dealkylation sites (tertiary alicyclic amines) is 1. The zero-order valence-electron chi connectivity index (χ0n) is 14.9. The minimum absolute atomic E-state index is 0.137. The first kappa shape index (κ1) is 15.0. The molecule has 130 valence electrons. The van der Waals surface area contributed by atoms with Crippen molar-refractivity contribution in [3.8, 4) is 5.82 Å². The Hall–Kier alpha value is -2.30. The van der Waals surface area contributed by atoms with E-state index in [1.165, 1.54) is 11.4 Å². The predicted molar refractivity (Wildman–Crippen MR) is 96.7 cm³/mol. The molecule has 2 aromatic rings. The Morgan fingerprint density at radius 3 is 2.96 bits per heavy atom. The molecule has 0 unspecified atom stereocenters. The number of hydrogen-bond donors (Lipinski definition) is 0. The Labute approximate surface area is 148 Å². The molecule has 5 nitrogen and oxygen atoms in total. The molecule has 2 aromatic heterocycles. The van der Waals surface area contributed by atoms with Crippen LogP contribution in [0.4, 0.5) is 5.69 Å². The molecule has 1 aliphatic carbocycles. The third kappa shape index (κ3) is 1.95. The van der Waals surface area contributed by atoms with Crippen LogP contribution in [0.5, 0.6) is 0 Å². The molecular weight excluding hydrogens is 312 g/mol. The number of likely N-dealkylation sites (N-methyl/N-ethyl adjacent to an activating group) is 1. The van der Waals surface area contributed by atoms with E-state index in [1.54, 1.807) is 0 Å². The van der Waals surface area contributed by atoms with Gasteiger partial charge in [0.2, 0.25) is 5.91 Å². The first-order valence-corrected chi connectivity index (χ1v) is 9.35. The van der Waals surface area contributed by atoms with Crippen molar-refractivity contribution < 1.29 is 4.79 Å². The number of hydrogen-bond acceptors (Lipinski definition) is 3. The molecule has 0 aromatic carbocycles. The van der Waals surface area contributed by atoms with E-state index in [0.29, 0.717) is 11.8 Å². The minimum Gasteiger partial charge on any atom is -0.356 e. The molecule has 25 heavy (non-hydrogen) atoms. The molecule has 2 aliphatic heterocycles. The Balaban J connectivity index is 1.58. The molecule has 3 atom stereocenters. The summed E-state index contributed by atoms with van der Waals surface area (Å²) in [4.78, 5) is 22.0. The van der Waals surface area contributed by atoms with Gasteiger partial charge in [-0.05, 0) is 49.9 Å². The molecule has 1 saturated heterocycles. The minimum atomic E-state index is -0.137. The topological polar surface area (TPSA) is 41.4 Å². The quantitative estimate of drug-likeness (QED) is 0.847. The van der Waals surface area contributed by atoms with Crippen LogP contribution in [0.2, 0.25) is 0 Å². The second kappa shape index (κ2) is 5.10. The molecular formula is C20H24N4O. The number of anilines is 1. The van der Waals surface area contributed by atoms with Crippen molar-refractivity contribution >= 4 is 11.6 Å². The van der Waals surface area contributed by atoms with Gasteiger partial charge >= 0.3 is 0 Å². The Bertz CT molecular complexity index is 844. The number of aromatic nitrogens is 2. The standard InChI is InChI=1S/C20H24N4O/c1-3-24-16-6-4-9-21-18(16)23-10-5-7-17(23)20(24)8-11-22(13-20)19(25)15-12-14(15)2/h4-7,9-10,14-15H,3,8,11-13H2,1-2H3/t14-,15+,20+/m0/s1. The van der Waals surface area contributed by atoms with Crippen molar-refractivity contribution in [2.24, 2.45) is 11.8 Å². The van der Waals surface area contributed by atoms with E-state index in [-0.39, 0.29) is 11.5 Å². The van der Waals surface area contributed by atoms with Crippen LogP contribution >= 0.6 is 0 Å². The molecule has 3 aliphatic rings. The fourth-order valence-corrected chi connectivity index (χ4v) is 4.88. The van der Waals surface area contributed by atoms with E-state index in [1.807, 2.05) is 12.3 Å². The fourth-order valence-electron chi connectivity index (χ4n) is 4.88. The van der Waals surface area contributed by atoms with Gasteiger partial charge < -0.3 is 14.4 Å². The van der Waals surface area contributed by atoms with E-state index in [0.717, 1.165) is 38.3 Å². The van der Waals surface area contributed by atoms with Gasteiger partial charge in [-0.2, -0.15) is 0 Å². The maximum atomic E-state index is 12.8. The van der Waals surface area contributed by atoms with Crippen LogP contribution < -0.4 is 4.90 Å². The Morgan fingerprint density at radius 1 is 1.36 bits per heavy atom. The highest BCUT2D eigenvalue weighted by Gasteiger charge is 2.52. The van der Waals surface area contributed by atoms with Crippen molar-refractivity contribution in [1.29, 1.82) is 0 Å². The zero-order chi connectivity index (χ0) is 17.2. The summed E-state index contributed by atoms with van der Waals surface area (Å²) in [5.74, 6) is 2.17. The average Bonchev–Trinajstić information content (AvgIpc) is 3.05. The first-order valence-electron chi connectivity index (χ1n) is 9.35. The van der Waals surface area contributed by atoms with Crippen molar-refractivity contribution in [3.63, 3.8) is 0 Å². The Kier molecular flexibility index (Phi) is 3.06. The van der Waals surface area contributed by atoms with Gasteiger partial charge in [-0.15, -0.1) is 0 Å². The van der Waals surface area contributed by atoms with Crippen molar-refractivity contribution in [2.45, 2.75) is 32.2 Å². The van der Waals surface area contributed by atoms with Crippen LogP contribution in [0.3, 0.4) is 0 Å². The molecule has 4 heterocycles. The predicted octanol–water partition coefficient (Wildman–Crippen LogP) is 2.80. The lowest BCUT2D eigenvalue weighted by atomic mass is 9.89. The lowest BCUT2D eigenvalue weighted by Crippen LogP contribution is -2.52. The molecule has 1 saturated carbocycles. The summed E-state index contributed by atoms with van der Waals surface area (Å²) in [5, 5.41) is 0. The largest absolute Gasteiger partial charge is 0.356 e. The molecule has 1 amide bonds. The number of pyridine rings is 1. The average molecular weight is 336 g/mol. The van der Waals surface area contributed by atoms with Gasteiger partial charge in [0.25, 0.3) is 0 Å². The van der Waals surface area contributed by atoms with Crippen LogP contribution in [0.25, 0.3) is 5.82 Å². The molecule has 5 rings (SSSR count). The molecule has 1 spiro atoms. The smallest absolute Gasteiger partial charge is 0.226 e. The number of nitrogens with zero attached hydrogens (tertiary/aromatic N) is 4. The summed E-state index contributed by atoms with van der Waals surface area (Å²) in [6.45, 7) is 6.91. The van der Waals surface area contributed by atoms with Crippen LogP contribution in [-0.2, 0) is 10.3 Å². The third-order valence-electron chi connectivity index (χ3n) is 6.33. The zero-order valence-corrected chi connectivity index (χ0v) is 14.9. The second-order valence-electron chi connectivity index (χ2n) is 7.71. The van der Waals surface area contributed by atoms with Crippen molar-refractivity contribution in [3.05, 3.63) is 42.4 Å². The third-order valence-corrected chi connectivity index (χ3v) is 6.33.